The molecule has 0 bridgehead atoms. The minimum atomic E-state index is -0.644. The normalized spacial score (nSPS) is 21.5. The number of hydrogen-bond acceptors (Lipinski definition) is 6. The molecule has 144 valence electrons. The molecule has 1 saturated heterocycles. The van der Waals surface area contributed by atoms with Gasteiger partial charge < -0.3 is 18.9 Å². The van der Waals surface area contributed by atoms with Gasteiger partial charge in [-0.3, -0.25) is 4.79 Å². The largest absolute Gasteiger partial charge is 0.497 e. The van der Waals surface area contributed by atoms with Gasteiger partial charge in [0.05, 0.1) is 26.4 Å². The van der Waals surface area contributed by atoms with Crippen molar-refractivity contribution >= 4 is 17.7 Å². The molecule has 26 heavy (non-hydrogen) atoms. The van der Waals surface area contributed by atoms with Crippen LogP contribution in [0.5, 0.6) is 5.75 Å². The Bertz CT molecular complexity index is 611. The molecule has 3 atom stereocenters. The van der Waals surface area contributed by atoms with Gasteiger partial charge in [-0.15, -0.1) is 11.8 Å². The lowest BCUT2D eigenvalue weighted by Crippen LogP contribution is -2.37. The average molecular weight is 381 g/mol. The van der Waals surface area contributed by atoms with E-state index in [2.05, 4.69) is 0 Å². The Morgan fingerprint density at radius 2 is 2.08 bits per heavy atom. The van der Waals surface area contributed by atoms with Crippen LogP contribution in [-0.2, 0) is 19.0 Å². The molecular formula is C20H28O5S. The zero-order valence-corrected chi connectivity index (χ0v) is 16.9. The van der Waals surface area contributed by atoms with Gasteiger partial charge in [0.15, 0.2) is 5.79 Å². The number of ether oxygens (including phenoxy) is 4. The molecule has 0 saturated carbocycles. The van der Waals surface area contributed by atoms with Crippen molar-refractivity contribution in [3.8, 4) is 5.75 Å². The lowest BCUT2D eigenvalue weighted by Gasteiger charge is -2.27. The molecule has 0 spiro atoms. The van der Waals surface area contributed by atoms with Crippen molar-refractivity contribution in [2.45, 2.75) is 49.7 Å². The molecule has 2 rings (SSSR count). The second-order valence-corrected chi connectivity index (χ2v) is 7.65. The van der Waals surface area contributed by atoms with E-state index in [0.29, 0.717) is 13.2 Å². The maximum atomic E-state index is 12.7. The minimum absolute atomic E-state index is 0.159. The molecule has 0 radical (unpaired) electrons. The molecular weight excluding hydrogens is 352 g/mol. The summed E-state index contributed by atoms with van der Waals surface area (Å²) in [5, 5.41) is -0.429. The van der Waals surface area contributed by atoms with Crippen LogP contribution in [0.15, 0.2) is 41.3 Å². The van der Waals surface area contributed by atoms with Crippen LogP contribution in [0.25, 0.3) is 0 Å². The van der Waals surface area contributed by atoms with Gasteiger partial charge in [-0.25, -0.2) is 0 Å². The number of rotatable bonds is 8. The number of benzene rings is 1. The Morgan fingerprint density at radius 3 is 2.58 bits per heavy atom. The molecule has 0 aromatic heterocycles. The van der Waals surface area contributed by atoms with E-state index in [-0.39, 0.29) is 18.0 Å². The Morgan fingerprint density at radius 1 is 1.38 bits per heavy atom. The van der Waals surface area contributed by atoms with Gasteiger partial charge in [0.1, 0.15) is 11.0 Å². The van der Waals surface area contributed by atoms with E-state index in [0.717, 1.165) is 10.6 Å². The van der Waals surface area contributed by atoms with E-state index in [4.69, 9.17) is 18.9 Å². The standard InChI is InChI=1S/C20H28O5S/c1-6-8-16(17-13-24-20(3,4)25-17)18(19(21)23-7-2)26-15-11-9-14(22-5)10-12-15/h6,8-12,16-18H,7,13H2,1-5H3/b8-6+/t16-,17+,18-/m0/s1. The van der Waals surface area contributed by atoms with Crippen molar-refractivity contribution < 1.29 is 23.7 Å². The summed E-state index contributed by atoms with van der Waals surface area (Å²) in [6, 6.07) is 7.65. The quantitative estimate of drug-likeness (QED) is 0.385. The van der Waals surface area contributed by atoms with Crippen LogP contribution in [0.4, 0.5) is 0 Å². The first-order valence-electron chi connectivity index (χ1n) is 8.82. The highest BCUT2D eigenvalue weighted by Gasteiger charge is 2.42. The molecule has 1 aliphatic rings. The number of carbonyl (C=O) groups excluding carboxylic acids is 1. The molecule has 0 N–H and O–H groups in total. The van der Waals surface area contributed by atoms with Crippen LogP contribution < -0.4 is 4.74 Å². The van der Waals surface area contributed by atoms with Crippen molar-refractivity contribution in [3.63, 3.8) is 0 Å². The summed E-state index contributed by atoms with van der Waals surface area (Å²) >= 11 is 1.47. The van der Waals surface area contributed by atoms with Gasteiger partial charge >= 0.3 is 5.97 Å². The molecule has 1 heterocycles. The zero-order chi connectivity index (χ0) is 19.2. The fraction of sp³-hybridized carbons (Fsp3) is 0.550. The number of carbonyl (C=O) groups is 1. The molecule has 0 amide bonds. The topological polar surface area (TPSA) is 54.0 Å². The van der Waals surface area contributed by atoms with Gasteiger partial charge in [-0.2, -0.15) is 0 Å². The Labute approximate surface area is 160 Å². The number of hydrogen-bond donors (Lipinski definition) is 0. The van der Waals surface area contributed by atoms with Crippen molar-refractivity contribution in [3.05, 3.63) is 36.4 Å². The third-order valence-electron chi connectivity index (χ3n) is 4.07. The molecule has 1 aliphatic heterocycles. The lowest BCUT2D eigenvalue weighted by molar-refractivity contribution is -0.150. The van der Waals surface area contributed by atoms with E-state index in [1.54, 1.807) is 7.11 Å². The van der Waals surface area contributed by atoms with Gasteiger partial charge in [-0.05, 0) is 52.0 Å². The summed E-state index contributed by atoms with van der Waals surface area (Å²) in [6.45, 7) is 8.31. The van der Waals surface area contributed by atoms with Crippen molar-refractivity contribution in [2.75, 3.05) is 20.3 Å². The van der Waals surface area contributed by atoms with E-state index >= 15 is 0 Å². The fourth-order valence-corrected chi connectivity index (χ4v) is 4.03. The highest BCUT2D eigenvalue weighted by Crippen LogP contribution is 2.37. The summed E-state index contributed by atoms with van der Waals surface area (Å²) in [5.74, 6) is -0.270. The minimum Gasteiger partial charge on any atom is -0.497 e. The fourth-order valence-electron chi connectivity index (χ4n) is 2.86. The predicted molar refractivity (Wildman–Crippen MR) is 102 cm³/mol. The van der Waals surface area contributed by atoms with E-state index in [1.165, 1.54) is 11.8 Å². The third kappa shape index (κ3) is 5.50. The van der Waals surface area contributed by atoms with Crippen LogP contribution in [0.1, 0.15) is 27.7 Å². The van der Waals surface area contributed by atoms with Gasteiger partial charge in [0.25, 0.3) is 0 Å². The molecule has 0 aliphatic carbocycles. The predicted octanol–water partition coefficient (Wildman–Crippen LogP) is 4.06. The summed E-state index contributed by atoms with van der Waals surface area (Å²) in [7, 11) is 1.63. The molecule has 1 aromatic rings. The molecule has 0 unspecified atom stereocenters. The van der Waals surface area contributed by atoms with Crippen molar-refractivity contribution in [1.29, 1.82) is 0 Å². The smallest absolute Gasteiger partial charge is 0.320 e. The first kappa shape index (κ1) is 20.8. The zero-order valence-electron chi connectivity index (χ0n) is 16.1. The van der Waals surface area contributed by atoms with Crippen LogP contribution in [0.2, 0.25) is 0 Å². The Kier molecular flexibility index (Phi) is 7.55. The lowest BCUT2D eigenvalue weighted by atomic mass is 9.97. The maximum absolute atomic E-state index is 12.7. The molecule has 6 heteroatoms. The summed E-state index contributed by atoms with van der Waals surface area (Å²) in [5.41, 5.74) is 0. The third-order valence-corrected chi connectivity index (χ3v) is 5.37. The average Bonchev–Trinajstić information content (AvgIpc) is 2.98. The molecule has 1 aromatic carbocycles. The summed E-state index contributed by atoms with van der Waals surface area (Å²) < 4.78 is 22.3. The van der Waals surface area contributed by atoms with Crippen LogP contribution in [0.3, 0.4) is 0 Å². The monoisotopic (exact) mass is 380 g/mol. The van der Waals surface area contributed by atoms with Crippen molar-refractivity contribution in [2.24, 2.45) is 5.92 Å². The van der Waals surface area contributed by atoms with Gasteiger partial charge in [-0.1, -0.05) is 12.2 Å². The van der Waals surface area contributed by atoms with Crippen LogP contribution in [-0.4, -0.2) is 43.4 Å². The number of esters is 1. The van der Waals surface area contributed by atoms with Crippen LogP contribution in [0, 0.1) is 5.92 Å². The SMILES string of the molecule is C/C=C/[C@H]([C@H](Sc1ccc(OC)cc1)C(=O)OCC)[C@H]1COC(C)(C)O1. The Balaban J connectivity index is 2.26. The first-order valence-corrected chi connectivity index (χ1v) is 9.70. The Hall–Kier alpha value is -1.50. The second-order valence-electron chi connectivity index (χ2n) is 6.44. The molecule has 5 nitrogen and oxygen atoms in total. The maximum Gasteiger partial charge on any atom is 0.320 e. The van der Waals surface area contributed by atoms with Crippen LogP contribution >= 0.6 is 11.8 Å². The highest BCUT2D eigenvalue weighted by molar-refractivity contribution is 8.00. The van der Waals surface area contributed by atoms with Gasteiger partial charge in [0, 0.05) is 10.8 Å². The highest BCUT2D eigenvalue weighted by atomic mass is 32.2. The summed E-state index contributed by atoms with van der Waals surface area (Å²) in [4.78, 5) is 13.7. The first-order chi connectivity index (χ1) is 12.4. The van der Waals surface area contributed by atoms with E-state index in [9.17, 15) is 4.79 Å². The number of thioether (sulfide) groups is 1. The van der Waals surface area contributed by atoms with E-state index < -0.39 is 11.0 Å². The van der Waals surface area contributed by atoms with Crippen molar-refractivity contribution in [1.82, 2.24) is 0 Å². The number of allylic oxidation sites excluding steroid dienone is 1. The second kappa shape index (κ2) is 9.44. The number of methoxy groups -OCH3 is 1. The molecule has 1 fully saturated rings. The summed E-state index contributed by atoms with van der Waals surface area (Å²) in [6.07, 6.45) is 3.74. The van der Waals surface area contributed by atoms with Gasteiger partial charge in [0.2, 0.25) is 0 Å². The van der Waals surface area contributed by atoms with E-state index in [1.807, 2.05) is 64.1 Å².